The molecule has 0 aromatic heterocycles. The van der Waals surface area contributed by atoms with Crippen LogP contribution in [0.3, 0.4) is 0 Å². The van der Waals surface area contributed by atoms with Crippen molar-refractivity contribution in [3.8, 4) is 0 Å². The second-order valence-electron chi connectivity index (χ2n) is 0.141. The molecule has 4 heavy (non-hydrogen) atoms. The SMILES string of the molecule is OCS.[Na]. The van der Waals surface area contributed by atoms with Crippen LogP contribution in [0.4, 0.5) is 0 Å². The number of thiol groups is 1. The Balaban J connectivity index is 0. The molecule has 0 saturated carbocycles. The van der Waals surface area contributed by atoms with Gasteiger partial charge in [0.15, 0.2) is 0 Å². The minimum atomic E-state index is -0.0556. The minimum Gasteiger partial charge on any atom is -0.386 e. The zero-order chi connectivity index (χ0) is 2.71. The molecule has 0 saturated heterocycles. The van der Waals surface area contributed by atoms with E-state index in [0.29, 0.717) is 0 Å². The van der Waals surface area contributed by atoms with Crippen molar-refractivity contribution >= 4 is 42.2 Å². The third-order valence-corrected chi connectivity index (χ3v) is 0. The van der Waals surface area contributed by atoms with E-state index < -0.39 is 0 Å². The van der Waals surface area contributed by atoms with E-state index in [-0.39, 0.29) is 35.5 Å². The molecule has 0 heterocycles. The van der Waals surface area contributed by atoms with Crippen LogP contribution in [0.2, 0.25) is 0 Å². The Kier molecular flexibility index (Phi) is 19.9. The summed E-state index contributed by atoms with van der Waals surface area (Å²) in [5.74, 6) is -0.0556. The molecular weight excluding hydrogens is 83.1 g/mol. The van der Waals surface area contributed by atoms with E-state index in [9.17, 15) is 0 Å². The number of hydrogen-bond acceptors (Lipinski definition) is 2. The van der Waals surface area contributed by atoms with Gasteiger partial charge in [0.25, 0.3) is 0 Å². The Morgan fingerprint density at radius 3 is 1.75 bits per heavy atom. The summed E-state index contributed by atoms with van der Waals surface area (Å²) in [5, 5.41) is 7.43. The van der Waals surface area contributed by atoms with Gasteiger partial charge in [-0.2, -0.15) is 12.6 Å². The molecule has 0 atom stereocenters. The number of aliphatic hydroxyl groups excluding tert-OH is 1. The van der Waals surface area contributed by atoms with E-state index in [1.54, 1.807) is 0 Å². The fourth-order valence-electron chi connectivity index (χ4n) is 0. The summed E-state index contributed by atoms with van der Waals surface area (Å²) in [4.78, 5) is 0. The predicted octanol–water partition coefficient (Wildman–Crippen LogP) is -0.515. The van der Waals surface area contributed by atoms with Gasteiger partial charge in [-0.05, 0) is 0 Å². The molecule has 0 bridgehead atoms. The van der Waals surface area contributed by atoms with Crippen molar-refractivity contribution in [1.82, 2.24) is 0 Å². The topological polar surface area (TPSA) is 20.2 Å². The first-order valence-corrected chi connectivity index (χ1v) is 1.26. The molecule has 21 valence electrons. The van der Waals surface area contributed by atoms with Crippen LogP contribution in [-0.4, -0.2) is 40.6 Å². The fraction of sp³-hybridized carbons (Fsp3) is 1.00. The van der Waals surface area contributed by atoms with Crippen molar-refractivity contribution in [3.63, 3.8) is 0 Å². The molecular formula is CH4NaOS. The van der Waals surface area contributed by atoms with Crippen LogP contribution in [0, 0.1) is 0 Å². The Bertz CT molecular complexity index is 8.00. The normalized spacial score (nSPS) is 4.50. The van der Waals surface area contributed by atoms with Crippen LogP contribution in [0.25, 0.3) is 0 Å². The number of rotatable bonds is 0. The summed E-state index contributed by atoms with van der Waals surface area (Å²) >= 11 is 3.34. The third kappa shape index (κ3) is 10.3. The molecule has 0 amide bonds. The van der Waals surface area contributed by atoms with Gasteiger partial charge in [-0.15, -0.1) is 0 Å². The van der Waals surface area contributed by atoms with Gasteiger partial charge in [0.1, 0.15) is 0 Å². The Hall–Kier alpha value is 1.31. The Morgan fingerprint density at radius 2 is 1.75 bits per heavy atom. The summed E-state index contributed by atoms with van der Waals surface area (Å²) in [6, 6.07) is 0. The predicted molar refractivity (Wildman–Crippen MR) is 21.8 cm³/mol. The van der Waals surface area contributed by atoms with Crippen molar-refractivity contribution in [2.24, 2.45) is 0 Å². The van der Waals surface area contributed by atoms with Gasteiger partial charge in [0, 0.05) is 29.6 Å². The van der Waals surface area contributed by atoms with E-state index in [4.69, 9.17) is 5.11 Å². The average Bonchev–Trinajstić information content (AvgIpc) is 0.918. The molecule has 0 fully saturated rings. The van der Waals surface area contributed by atoms with E-state index in [2.05, 4.69) is 12.6 Å². The van der Waals surface area contributed by atoms with Gasteiger partial charge in [0.2, 0.25) is 0 Å². The number of aliphatic hydroxyl groups is 1. The largest absolute Gasteiger partial charge is 0.386 e. The van der Waals surface area contributed by atoms with Gasteiger partial charge >= 0.3 is 0 Å². The zero-order valence-electron chi connectivity index (χ0n) is 2.60. The molecule has 0 aliphatic heterocycles. The van der Waals surface area contributed by atoms with Gasteiger partial charge < -0.3 is 5.11 Å². The second kappa shape index (κ2) is 8.85. The Morgan fingerprint density at radius 1 is 1.75 bits per heavy atom. The van der Waals surface area contributed by atoms with Gasteiger partial charge in [0.05, 0.1) is 5.94 Å². The molecule has 1 radical (unpaired) electrons. The maximum atomic E-state index is 7.43. The smallest absolute Gasteiger partial charge is 0.0857 e. The van der Waals surface area contributed by atoms with Crippen LogP contribution in [0.5, 0.6) is 0 Å². The molecule has 0 unspecified atom stereocenters. The molecule has 0 aliphatic rings. The summed E-state index contributed by atoms with van der Waals surface area (Å²) in [6.07, 6.45) is 0. The van der Waals surface area contributed by atoms with Gasteiger partial charge in [-0.25, -0.2) is 0 Å². The molecule has 0 rings (SSSR count). The van der Waals surface area contributed by atoms with E-state index in [1.165, 1.54) is 0 Å². The van der Waals surface area contributed by atoms with Crippen molar-refractivity contribution in [2.45, 2.75) is 0 Å². The van der Waals surface area contributed by atoms with E-state index in [1.807, 2.05) is 0 Å². The van der Waals surface area contributed by atoms with Crippen molar-refractivity contribution in [3.05, 3.63) is 0 Å². The standard InChI is InChI=1S/CH4OS.Na/c2-1-3;/h2-3H,1H2;. The number of hydrogen-bond donors (Lipinski definition) is 2. The molecule has 1 nitrogen and oxygen atoms in total. The summed E-state index contributed by atoms with van der Waals surface area (Å²) in [6.45, 7) is 0. The average molecular weight is 87.1 g/mol. The minimum absolute atomic E-state index is 0. The molecule has 0 aromatic rings. The fourth-order valence-corrected chi connectivity index (χ4v) is 0. The maximum Gasteiger partial charge on any atom is 0.0857 e. The van der Waals surface area contributed by atoms with Crippen LogP contribution >= 0.6 is 12.6 Å². The zero-order valence-corrected chi connectivity index (χ0v) is 5.50. The maximum absolute atomic E-state index is 7.43. The summed E-state index contributed by atoms with van der Waals surface area (Å²) in [5.41, 5.74) is 0. The summed E-state index contributed by atoms with van der Waals surface area (Å²) < 4.78 is 0. The molecule has 1 N–H and O–H groups in total. The Labute approximate surface area is 53.1 Å². The molecule has 0 aromatic carbocycles. The van der Waals surface area contributed by atoms with Crippen molar-refractivity contribution < 1.29 is 5.11 Å². The van der Waals surface area contributed by atoms with Gasteiger partial charge in [-0.3, -0.25) is 0 Å². The quantitative estimate of drug-likeness (QED) is 0.231. The molecule has 0 spiro atoms. The van der Waals surface area contributed by atoms with Crippen molar-refractivity contribution in [1.29, 1.82) is 0 Å². The first kappa shape index (κ1) is 9.00. The van der Waals surface area contributed by atoms with Crippen LogP contribution in [-0.2, 0) is 0 Å². The van der Waals surface area contributed by atoms with E-state index in [0.717, 1.165) is 0 Å². The van der Waals surface area contributed by atoms with E-state index >= 15 is 0 Å². The monoisotopic (exact) mass is 87.0 g/mol. The molecule has 3 heteroatoms. The third-order valence-electron chi connectivity index (χ3n) is 0. The summed E-state index contributed by atoms with van der Waals surface area (Å²) in [7, 11) is 0. The van der Waals surface area contributed by atoms with Crippen LogP contribution in [0.15, 0.2) is 0 Å². The van der Waals surface area contributed by atoms with Crippen LogP contribution in [0.1, 0.15) is 0 Å². The van der Waals surface area contributed by atoms with Crippen LogP contribution < -0.4 is 0 Å². The van der Waals surface area contributed by atoms with Gasteiger partial charge in [-0.1, -0.05) is 0 Å². The second-order valence-corrected chi connectivity index (χ2v) is 0.424. The van der Waals surface area contributed by atoms with Crippen molar-refractivity contribution in [2.75, 3.05) is 5.94 Å². The first-order valence-electron chi connectivity index (χ1n) is 0.632. The molecule has 0 aliphatic carbocycles. The first-order chi connectivity index (χ1) is 1.41.